The van der Waals surface area contributed by atoms with Crippen LogP contribution >= 0.6 is 15.9 Å². The smallest absolute Gasteiger partial charge is 0.407 e. The Bertz CT molecular complexity index is 425. The molecule has 0 radical (unpaired) electrons. The number of rotatable bonds is 2. The molecular formula is C12H15BrN2O2. The van der Waals surface area contributed by atoms with Crippen molar-refractivity contribution in [2.45, 2.75) is 12.5 Å². The summed E-state index contributed by atoms with van der Waals surface area (Å²) in [5.41, 5.74) is 1.14. The van der Waals surface area contributed by atoms with Gasteiger partial charge in [-0.3, -0.25) is 0 Å². The fraction of sp³-hybridized carbons (Fsp3) is 0.417. The highest BCUT2D eigenvalue weighted by molar-refractivity contribution is 9.10. The maximum Gasteiger partial charge on any atom is 0.407 e. The Morgan fingerprint density at radius 3 is 3.00 bits per heavy atom. The average molecular weight is 299 g/mol. The molecule has 1 aliphatic rings. The van der Waals surface area contributed by atoms with Gasteiger partial charge >= 0.3 is 6.09 Å². The minimum atomic E-state index is -0.855. The van der Waals surface area contributed by atoms with Gasteiger partial charge in [-0.15, -0.1) is 0 Å². The van der Waals surface area contributed by atoms with Crippen LogP contribution in [0.2, 0.25) is 0 Å². The first-order valence-electron chi connectivity index (χ1n) is 5.54. The molecule has 1 saturated heterocycles. The second kappa shape index (κ2) is 4.96. The highest BCUT2D eigenvalue weighted by Gasteiger charge is 2.28. The average Bonchev–Trinajstić information content (AvgIpc) is 2.77. The number of hydrogen-bond acceptors (Lipinski definition) is 2. The summed E-state index contributed by atoms with van der Waals surface area (Å²) in [4.78, 5) is 14.5. The van der Waals surface area contributed by atoms with E-state index >= 15 is 0 Å². The molecule has 0 aromatic heterocycles. The number of carboxylic acid groups (broad SMARTS) is 1. The summed E-state index contributed by atoms with van der Waals surface area (Å²) in [5.74, 6) is 0. The van der Waals surface area contributed by atoms with E-state index in [0.717, 1.165) is 29.7 Å². The van der Waals surface area contributed by atoms with Crippen LogP contribution in [-0.4, -0.2) is 42.3 Å². The van der Waals surface area contributed by atoms with Crippen molar-refractivity contribution < 1.29 is 9.90 Å². The molecule has 4 nitrogen and oxygen atoms in total. The summed E-state index contributed by atoms with van der Waals surface area (Å²) in [6, 6.07) is 8.18. The third-order valence-corrected chi connectivity index (χ3v) is 3.68. The van der Waals surface area contributed by atoms with Crippen molar-refractivity contribution in [3.05, 3.63) is 28.7 Å². The SMILES string of the molecule is CN(C(=O)O)C1CCN(c2cccc(Br)c2)C1. The molecular weight excluding hydrogens is 284 g/mol. The van der Waals surface area contributed by atoms with Gasteiger partial charge in [0.1, 0.15) is 0 Å². The van der Waals surface area contributed by atoms with Crippen LogP contribution in [0.1, 0.15) is 6.42 Å². The summed E-state index contributed by atoms with van der Waals surface area (Å²) in [7, 11) is 1.64. The number of likely N-dealkylation sites (N-methyl/N-ethyl adjacent to an activating group) is 1. The van der Waals surface area contributed by atoms with E-state index < -0.39 is 6.09 Å². The molecule has 1 fully saturated rings. The zero-order valence-corrected chi connectivity index (χ0v) is 11.2. The van der Waals surface area contributed by atoms with E-state index in [2.05, 4.69) is 26.9 Å². The van der Waals surface area contributed by atoms with Crippen LogP contribution in [0.15, 0.2) is 28.7 Å². The zero-order chi connectivity index (χ0) is 12.4. The third kappa shape index (κ3) is 2.72. The topological polar surface area (TPSA) is 43.8 Å². The standard InChI is InChI=1S/C12H15BrN2O2/c1-14(12(16)17)11-5-6-15(8-11)10-4-2-3-9(13)7-10/h2-4,7,11H,5-6,8H2,1H3,(H,16,17). The van der Waals surface area contributed by atoms with Crippen molar-refractivity contribution in [3.8, 4) is 0 Å². The first-order valence-corrected chi connectivity index (χ1v) is 6.33. The van der Waals surface area contributed by atoms with Crippen LogP contribution in [0.4, 0.5) is 10.5 Å². The highest BCUT2D eigenvalue weighted by Crippen LogP contribution is 2.25. The summed E-state index contributed by atoms with van der Waals surface area (Å²) >= 11 is 3.45. The van der Waals surface area contributed by atoms with E-state index in [-0.39, 0.29) is 6.04 Å². The first-order chi connectivity index (χ1) is 8.08. The molecule has 1 aromatic rings. The molecule has 0 saturated carbocycles. The molecule has 1 N–H and O–H groups in total. The van der Waals surface area contributed by atoms with Crippen LogP contribution in [0.5, 0.6) is 0 Å². The van der Waals surface area contributed by atoms with Gasteiger partial charge in [0.2, 0.25) is 0 Å². The van der Waals surface area contributed by atoms with Crippen LogP contribution in [0, 0.1) is 0 Å². The van der Waals surface area contributed by atoms with Gasteiger partial charge in [0.15, 0.2) is 0 Å². The van der Waals surface area contributed by atoms with Crippen LogP contribution in [0.25, 0.3) is 0 Å². The lowest BCUT2D eigenvalue weighted by atomic mass is 10.2. The molecule has 1 unspecified atom stereocenters. The Hall–Kier alpha value is -1.23. The molecule has 1 aromatic carbocycles. The van der Waals surface area contributed by atoms with Crippen molar-refractivity contribution in [2.24, 2.45) is 0 Å². The molecule has 1 amide bonds. The maximum absolute atomic E-state index is 10.9. The molecule has 1 aliphatic heterocycles. The quantitative estimate of drug-likeness (QED) is 0.913. The molecule has 92 valence electrons. The number of nitrogens with zero attached hydrogens (tertiary/aromatic N) is 2. The van der Waals surface area contributed by atoms with Gasteiger partial charge < -0.3 is 14.9 Å². The largest absolute Gasteiger partial charge is 0.465 e. The van der Waals surface area contributed by atoms with Crippen LogP contribution in [0.3, 0.4) is 0 Å². The van der Waals surface area contributed by atoms with E-state index in [4.69, 9.17) is 5.11 Å². The van der Waals surface area contributed by atoms with E-state index in [9.17, 15) is 4.79 Å². The van der Waals surface area contributed by atoms with Gasteiger partial charge in [-0.25, -0.2) is 4.79 Å². The van der Waals surface area contributed by atoms with E-state index in [1.54, 1.807) is 7.05 Å². The Kier molecular flexibility index (Phi) is 3.57. The lowest BCUT2D eigenvalue weighted by Gasteiger charge is -2.23. The van der Waals surface area contributed by atoms with Gasteiger partial charge in [-0.05, 0) is 24.6 Å². The first kappa shape index (κ1) is 12.2. The molecule has 5 heteroatoms. The number of amides is 1. The summed E-state index contributed by atoms with van der Waals surface area (Å²) in [5, 5.41) is 8.94. The Morgan fingerprint density at radius 2 is 2.35 bits per heavy atom. The maximum atomic E-state index is 10.9. The lowest BCUT2D eigenvalue weighted by molar-refractivity contribution is 0.142. The normalized spacial score (nSPS) is 19.4. The number of carbonyl (C=O) groups is 1. The highest BCUT2D eigenvalue weighted by atomic mass is 79.9. The van der Waals surface area contributed by atoms with Gasteiger partial charge in [0, 0.05) is 30.3 Å². The second-order valence-electron chi connectivity index (χ2n) is 4.26. The lowest BCUT2D eigenvalue weighted by Crippen LogP contribution is -2.38. The van der Waals surface area contributed by atoms with E-state index in [0.29, 0.717) is 0 Å². The van der Waals surface area contributed by atoms with E-state index in [1.165, 1.54) is 4.90 Å². The second-order valence-corrected chi connectivity index (χ2v) is 5.18. The Balaban J connectivity index is 2.05. The molecule has 0 aliphatic carbocycles. The molecule has 2 rings (SSSR count). The third-order valence-electron chi connectivity index (χ3n) is 3.19. The van der Waals surface area contributed by atoms with Crippen LogP contribution in [-0.2, 0) is 0 Å². The van der Waals surface area contributed by atoms with Gasteiger partial charge in [-0.1, -0.05) is 22.0 Å². The zero-order valence-electron chi connectivity index (χ0n) is 9.64. The number of anilines is 1. The molecule has 1 atom stereocenters. The van der Waals surface area contributed by atoms with Gasteiger partial charge in [0.25, 0.3) is 0 Å². The minimum absolute atomic E-state index is 0.0893. The Morgan fingerprint density at radius 1 is 1.59 bits per heavy atom. The van der Waals surface area contributed by atoms with Crippen LogP contribution < -0.4 is 4.90 Å². The number of halogens is 1. The predicted molar refractivity (Wildman–Crippen MR) is 70.5 cm³/mol. The predicted octanol–water partition coefficient (Wildman–Crippen LogP) is 2.64. The number of hydrogen-bond donors (Lipinski definition) is 1. The monoisotopic (exact) mass is 298 g/mol. The van der Waals surface area contributed by atoms with Crippen molar-refractivity contribution in [1.29, 1.82) is 0 Å². The summed E-state index contributed by atoms with van der Waals surface area (Å²) < 4.78 is 1.05. The summed E-state index contributed by atoms with van der Waals surface area (Å²) in [6.07, 6.45) is 0.0288. The molecule has 17 heavy (non-hydrogen) atoms. The van der Waals surface area contributed by atoms with Crippen molar-refractivity contribution in [1.82, 2.24) is 4.90 Å². The molecule has 1 heterocycles. The summed E-state index contributed by atoms with van der Waals surface area (Å²) in [6.45, 7) is 1.66. The van der Waals surface area contributed by atoms with Gasteiger partial charge in [-0.2, -0.15) is 0 Å². The van der Waals surface area contributed by atoms with Gasteiger partial charge in [0.05, 0.1) is 6.04 Å². The fourth-order valence-electron chi connectivity index (χ4n) is 2.12. The van der Waals surface area contributed by atoms with E-state index in [1.807, 2.05) is 18.2 Å². The Labute approximate surface area is 109 Å². The van der Waals surface area contributed by atoms with Crippen molar-refractivity contribution in [2.75, 3.05) is 25.0 Å². The minimum Gasteiger partial charge on any atom is -0.465 e. The molecule has 0 spiro atoms. The fourth-order valence-corrected chi connectivity index (χ4v) is 2.51. The number of benzene rings is 1. The van der Waals surface area contributed by atoms with Crippen molar-refractivity contribution in [3.63, 3.8) is 0 Å². The molecule has 0 bridgehead atoms. The van der Waals surface area contributed by atoms with Crippen molar-refractivity contribution >= 4 is 27.7 Å².